The minimum absolute atomic E-state index is 0.101. The van der Waals surface area contributed by atoms with E-state index in [1.54, 1.807) is 0 Å². The molecule has 1 saturated heterocycles. The molecule has 0 saturated carbocycles. The maximum absolute atomic E-state index is 12.7. The summed E-state index contributed by atoms with van der Waals surface area (Å²) < 4.78 is 5.98. The molecule has 0 atom stereocenters. The van der Waals surface area contributed by atoms with Crippen LogP contribution in [0.15, 0.2) is 59.0 Å². The summed E-state index contributed by atoms with van der Waals surface area (Å²) in [5.74, 6) is 1.87. The number of amides is 1. The second-order valence-electron chi connectivity index (χ2n) is 9.68. The Morgan fingerprint density at radius 3 is 2.47 bits per heavy atom. The van der Waals surface area contributed by atoms with Crippen molar-refractivity contribution in [2.45, 2.75) is 53.0 Å². The number of carbonyl (C=O) groups excluding carboxylic acids is 1. The normalized spacial score (nSPS) is 14.6. The second kappa shape index (κ2) is 12.7. The molecule has 0 spiro atoms. The van der Waals surface area contributed by atoms with Gasteiger partial charge in [0.15, 0.2) is 0 Å². The SMILES string of the molecule is CCc1ccc(-c2nc(CN3CCC(C(=O)NCCCN(CC)c4ccccc4)CC3)c(C)o2)cc1. The lowest BCUT2D eigenvalue weighted by Gasteiger charge is -2.30. The van der Waals surface area contributed by atoms with E-state index in [1.165, 1.54) is 11.3 Å². The molecule has 192 valence electrons. The van der Waals surface area contributed by atoms with Crippen molar-refractivity contribution in [2.75, 3.05) is 37.6 Å². The summed E-state index contributed by atoms with van der Waals surface area (Å²) in [6, 6.07) is 18.9. The first kappa shape index (κ1) is 26.0. The molecule has 1 N–H and O–H groups in total. The molecular weight excluding hydrogens is 448 g/mol. The number of likely N-dealkylation sites (tertiary alicyclic amines) is 1. The van der Waals surface area contributed by atoms with E-state index < -0.39 is 0 Å². The average Bonchev–Trinajstić information content (AvgIpc) is 3.29. The monoisotopic (exact) mass is 488 g/mol. The number of carbonyl (C=O) groups is 1. The third kappa shape index (κ3) is 6.76. The van der Waals surface area contributed by atoms with Crippen LogP contribution in [0.5, 0.6) is 0 Å². The van der Waals surface area contributed by atoms with Gasteiger partial charge in [0.2, 0.25) is 11.8 Å². The maximum atomic E-state index is 12.7. The number of para-hydroxylation sites is 1. The Balaban J connectivity index is 1.19. The van der Waals surface area contributed by atoms with Gasteiger partial charge >= 0.3 is 0 Å². The molecule has 0 unspecified atom stereocenters. The molecule has 2 aromatic carbocycles. The Hall–Kier alpha value is -3.12. The molecule has 6 nitrogen and oxygen atoms in total. The average molecular weight is 489 g/mol. The summed E-state index contributed by atoms with van der Waals surface area (Å²) in [7, 11) is 0. The van der Waals surface area contributed by atoms with Crippen molar-refractivity contribution in [3.8, 4) is 11.5 Å². The van der Waals surface area contributed by atoms with E-state index in [0.717, 1.165) is 82.0 Å². The number of rotatable bonds is 11. The predicted molar refractivity (Wildman–Crippen MR) is 146 cm³/mol. The van der Waals surface area contributed by atoms with Gasteiger partial charge in [-0.25, -0.2) is 4.98 Å². The fraction of sp³-hybridized carbons (Fsp3) is 0.467. The minimum atomic E-state index is 0.101. The Labute approximate surface area is 215 Å². The molecule has 1 fully saturated rings. The van der Waals surface area contributed by atoms with E-state index in [2.05, 4.69) is 77.5 Å². The van der Waals surface area contributed by atoms with Crippen LogP contribution in [-0.2, 0) is 17.8 Å². The smallest absolute Gasteiger partial charge is 0.226 e. The summed E-state index contributed by atoms with van der Waals surface area (Å²) in [4.78, 5) is 22.3. The van der Waals surface area contributed by atoms with Gasteiger partial charge in [-0.3, -0.25) is 9.69 Å². The molecular formula is C30H40N4O2. The number of piperidine rings is 1. The van der Waals surface area contributed by atoms with E-state index in [4.69, 9.17) is 9.40 Å². The van der Waals surface area contributed by atoms with Crippen LogP contribution in [0.3, 0.4) is 0 Å². The first-order chi connectivity index (χ1) is 17.6. The highest BCUT2D eigenvalue weighted by atomic mass is 16.4. The van der Waals surface area contributed by atoms with Crippen LogP contribution in [0.4, 0.5) is 5.69 Å². The number of nitrogens with zero attached hydrogens (tertiary/aromatic N) is 3. The van der Waals surface area contributed by atoms with Crippen molar-refractivity contribution in [1.29, 1.82) is 0 Å². The van der Waals surface area contributed by atoms with Crippen LogP contribution >= 0.6 is 0 Å². The maximum Gasteiger partial charge on any atom is 0.226 e. The van der Waals surface area contributed by atoms with Crippen LogP contribution in [0.2, 0.25) is 0 Å². The van der Waals surface area contributed by atoms with Gasteiger partial charge in [0.05, 0.1) is 5.69 Å². The first-order valence-electron chi connectivity index (χ1n) is 13.4. The number of benzene rings is 2. The first-order valence-corrected chi connectivity index (χ1v) is 13.4. The van der Waals surface area contributed by atoms with Gasteiger partial charge in [-0.2, -0.15) is 0 Å². The van der Waals surface area contributed by atoms with Crippen LogP contribution in [0, 0.1) is 12.8 Å². The quantitative estimate of drug-likeness (QED) is 0.363. The lowest BCUT2D eigenvalue weighted by Crippen LogP contribution is -2.41. The van der Waals surface area contributed by atoms with Gasteiger partial charge in [0, 0.05) is 43.3 Å². The highest BCUT2D eigenvalue weighted by Crippen LogP contribution is 2.25. The van der Waals surface area contributed by atoms with Crippen LogP contribution in [0.1, 0.15) is 50.1 Å². The number of aromatic nitrogens is 1. The summed E-state index contributed by atoms with van der Waals surface area (Å²) in [5.41, 5.74) is 4.56. The van der Waals surface area contributed by atoms with Crippen LogP contribution < -0.4 is 10.2 Å². The van der Waals surface area contributed by atoms with E-state index in [0.29, 0.717) is 5.89 Å². The molecule has 1 aromatic heterocycles. The molecule has 6 heteroatoms. The lowest BCUT2D eigenvalue weighted by molar-refractivity contribution is -0.126. The van der Waals surface area contributed by atoms with Crippen molar-refractivity contribution in [3.05, 3.63) is 71.6 Å². The Bertz CT molecular complexity index is 1090. The highest BCUT2D eigenvalue weighted by molar-refractivity contribution is 5.78. The van der Waals surface area contributed by atoms with Gasteiger partial charge in [0.1, 0.15) is 5.76 Å². The lowest BCUT2D eigenvalue weighted by atomic mass is 9.95. The number of anilines is 1. The van der Waals surface area contributed by atoms with E-state index in [1.807, 2.05) is 13.0 Å². The number of oxazole rings is 1. The van der Waals surface area contributed by atoms with Gasteiger partial charge < -0.3 is 14.6 Å². The molecule has 0 bridgehead atoms. The summed E-state index contributed by atoms with van der Waals surface area (Å²) in [6.07, 6.45) is 3.75. The molecule has 1 aliphatic rings. The van der Waals surface area contributed by atoms with Gasteiger partial charge in [-0.05, 0) is 82.4 Å². The number of aryl methyl sites for hydroxylation is 2. The molecule has 36 heavy (non-hydrogen) atoms. The third-order valence-corrected chi connectivity index (χ3v) is 7.24. The zero-order chi connectivity index (χ0) is 25.3. The third-order valence-electron chi connectivity index (χ3n) is 7.24. The molecule has 1 amide bonds. The zero-order valence-corrected chi connectivity index (χ0v) is 22.0. The van der Waals surface area contributed by atoms with E-state index >= 15 is 0 Å². The number of hydrogen-bond donors (Lipinski definition) is 1. The van der Waals surface area contributed by atoms with Gasteiger partial charge in [-0.1, -0.05) is 37.3 Å². The largest absolute Gasteiger partial charge is 0.441 e. The van der Waals surface area contributed by atoms with Crippen molar-refractivity contribution >= 4 is 11.6 Å². The molecule has 1 aliphatic heterocycles. The fourth-order valence-corrected chi connectivity index (χ4v) is 4.88. The molecule has 3 aromatic rings. The molecule has 4 rings (SSSR count). The highest BCUT2D eigenvalue weighted by Gasteiger charge is 2.26. The van der Waals surface area contributed by atoms with Gasteiger partial charge in [-0.15, -0.1) is 0 Å². The number of hydrogen-bond acceptors (Lipinski definition) is 5. The van der Waals surface area contributed by atoms with Crippen LogP contribution in [0.25, 0.3) is 11.5 Å². The van der Waals surface area contributed by atoms with E-state index in [9.17, 15) is 4.79 Å². The Morgan fingerprint density at radius 2 is 1.81 bits per heavy atom. The summed E-state index contributed by atoms with van der Waals surface area (Å²) in [5, 5.41) is 3.18. The van der Waals surface area contributed by atoms with Crippen molar-refractivity contribution in [1.82, 2.24) is 15.2 Å². The molecule has 0 radical (unpaired) electrons. The van der Waals surface area contributed by atoms with Crippen molar-refractivity contribution in [2.24, 2.45) is 5.92 Å². The van der Waals surface area contributed by atoms with Crippen molar-refractivity contribution < 1.29 is 9.21 Å². The topological polar surface area (TPSA) is 61.6 Å². The van der Waals surface area contributed by atoms with Gasteiger partial charge in [0.25, 0.3) is 0 Å². The predicted octanol–water partition coefficient (Wildman–Crippen LogP) is 5.46. The fourth-order valence-electron chi connectivity index (χ4n) is 4.88. The summed E-state index contributed by atoms with van der Waals surface area (Å²) in [6.45, 7) is 11.5. The Morgan fingerprint density at radius 1 is 1.08 bits per heavy atom. The Kier molecular flexibility index (Phi) is 9.17. The minimum Gasteiger partial charge on any atom is -0.441 e. The van der Waals surface area contributed by atoms with Crippen molar-refractivity contribution in [3.63, 3.8) is 0 Å². The number of nitrogens with one attached hydrogen (secondary N) is 1. The van der Waals surface area contributed by atoms with E-state index in [-0.39, 0.29) is 11.8 Å². The standard InChI is InChI=1S/C30H40N4O2/c1-4-24-12-14-26(15-13-24)30-32-28(23(3)36-30)22-33-20-16-25(17-21-33)29(35)31-18-9-19-34(5-2)27-10-7-6-8-11-27/h6-8,10-15,25H,4-5,9,16-22H2,1-3H3,(H,31,35). The van der Waals surface area contributed by atoms with Crippen LogP contribution in [-0.4, -0.2) is 48.5 Å². The zero-order valence-electron chi connectivity index (χ0n) is 22.0. The second-order valence-corrected chi connectivity index (χ2v) is 9.68. The molecule has 0 aliphatic carbocycles. The summed E-state index contributed by atoms with van der Waals surface area (Å²) >= 11 is 0. The molecule has 2 heterocycles.